The van der Waals surface area contributed by atoms with Gasteiger partial charge in [0.25, 0.3) is 0 Å². The van der Waals surface area contributed by atoms with Crippen LogP contribution in [0.15, 0.2) is 79.0 Å². The normalized spacial score (nSPS) is 10.8. The van der Waals surface area contributed by atoms with Crippen molar-refractivity contribution in [3.63, 3.8) is 0 Å². The van der Waals surface area contributed by atoms with Crippen molar-refractivity contribution in [2.24, 2.45) is 0 Å². The average molecular weight is 438 g/mol. The summed E-state index contributed by atoms with van der Waals surface area (Å²) in [5.74, 6) is 0.681. The van der Waals surface area contributed by atoms with Crippen molar-refractivity contribution in [1.29, 1.82) is 0 Å². The van der Waals surface area contributed by atoms with E-state index in [-0.39, 0.29) is 11.6 Å². The molecule has 2 aromatic heterocycles. The minimum absolute atomic E-state index is 0.147. The fraction of sp³-hybridized carbons (Fsp3) is 0.0400. The number of aromatic amines is 2. The van der Waals surface area contributed by atoms with E-state index in [0.29, 0.717) is 39.4 Å². The van der Waals surface area contributed by atoms with Gasteiger partial charge in [-0.1, -0.05) is 42.5 Å². The van der Waals surface area contributed by atoms with E-state index in [1.54, 1.807) is 60.8 Å². The van der Waals surface area contributed by atoms with Crippen LogP contribution in [0.2, 0.25) is 0 Å². The van der Waals surface area contributed by atoms with Crippen LogP contribution in [0.3, 0.4) is 0 Å². The molecule has 0 amide bonds. The van der Waals surface area contributed by atoms with Gasteiger partial charge in [0.1, 0.15) is 17.1 Å². The summed E-state index contributed by atoms with van der Waals surface area (Å²) in [4.78, 5) is 31.1. The van der Waals surface area contributed by atoms with Gasteiger partial charge in [0, 0.05) is 28.2 Å². The number of benzene rings is 3. The second-order valence-corrected chi connectivity index (χ2v) is 7.22. The van der Waals surface area contributed by atoms with Crippen LogP contribution in [0.25, 0.3) is 22.3 Å². The Kier molecular flexibility index (Phi) is 5.16. The van der Waals surface area contributed by atoms with Crippen molar-refractivity contribution < 1.29 is 19.1 Å². The van der Waals surface area contributed by atoms with Gasteiger partial charge >= 0.3 is 5.97 Å². The Morgan fingerprint density at radius 2 is 1.76 bits per heavy atom. The molecule has 0 spiro atoms. The summed E-state index contributed by atoms with van der Waals surface area (Å²) in [5.41, 5.74) is 2.33. The number of carbonyl (C=O) groups is 2. The van der Waals surface area contributed by atoms with Gasteiger partial charge in [-0.15, -0.1) is 10.2 Å². The molecule has 2 heterocycles. The quantitative estimate of drug-likeness (QED) is 0.292. The molecule has 0 bridgehead atoms. The molecule has 162 valence electrons. The summed E-state index contributed by atoms with van der Waals surface area (Å²) in [6.07, 6.45) is 1.75. The number of fused-ring (bicyclic) bond motifs is 1. The number of hydrogen-bond donors (Lipinski definition) is 2. The second kappa shape index (κ2) is 8.43. The molecule has 8 nitrogen and oxygen atoms in total. The van der Waals surface area contributed by atoms with Crippen molar-refractivity contribution >= 4 is 22.7 Å². The van der Waals surface area contributed by atoms with Gasteiger partial charge in [0.05, 0.1) is 7.11 Å². The Morgan fingerprint density at radius 1 is 0.909 bits per heavy atom. The highest BCUT2D eigenvalue weighted by atomic mass is 16.5. The lowest BCUT2D eigenvalue weighted by Crippen LogP contribution is -2.04. The molecule has 2 N–H and O–H groups in total. The van der Waals surface area contributed by atoms with Gasteiger partial charge in [-0.05, 0) is 30.3 Å². The van der Waals surface area contributed by atoms with E-state index in [1.807, 2.05) is 18.2 Å². The highest BCUT2D eigenvalue weighted by Crippen LogP contribution is 2.33. The molecule has 0 saturated heterocycles. The monoisotopic (exact) mass is 438 g/mol. The molecule has 5 rings (SSSR count). The van der Waals surface area contributed by atoms with E-state index in [9.17, 15) is 9.59 Å². The van der Waals surface area contributed by atoms with Crippen LogP contribution in [0, 0.1) is 0 Å². The first-order valence-electron chi connectivity index (χ1n) is 10.1. The molecule has 0 aliphatic heterocycles. The molecule has 0 aliphatic carbocycles. The fourth-order valence-electron chi connectivity index (χ4n) is 3.57. The topological polar surface area (TPSA) is 110 Å². The summed E-state index contributed by atoms with van der Waals surface area (Å²) < 4.78 is 11.0. The highest BCUT2D eigenvalue weighted by Gasteiger charge is 2.19. The van der Waals surface area contributed by atoms with Gasteiger partial charge in [-0.3, -0.25) is 4.79 Å². The van der Waals surface area contributed by atoms with Gasteiger partial charge < -0.3 is 19.4 Å². The Labute approximate surface area is 188 Å². The second-order valence-electron chi connectivity index (χ2n) is 7.22. The lowest BCUT2D eigenvalue weighted by molar-refractivity contribution is 0.0600. The van der Waals surface area contributed by atoms with E-state index in [4.69, 9.17) is 9.47 Å². The van der Waals surface area contributed by atoms with E-state index >= 15 is 0 Å². The van der Waals surface area contributed by atoms with Crippen molar-refractivity contribution in [3.8, 4) is 22.9 Å². The minimum Gasteiger partial charge on any atom is -0.465 e. The van der Waals surface area contributed by atoms with Crippen LogP contribution in [0.5, 0.6) is 11.5 Å². The lowest BCUT2D eigenvalue weighted by Gasteiger charge is -2.11. The number of carbonyl (C=O) groups excluding carboxylic acids is 2. The number of ether oxygens (including phenoxy) is 2. The van der Waals surface area contributed by atoms with Crippen LogP contribution in [0.4, 0.5) is 0 Å². The summed E-state index contributed by atoms with van der Waals surface area (Å²) in [6.45, 7) is 0. The molecule has 3 aromatic carbocycles. The van der Waals surface area contributed by atoms with Crippen LogP contribution in [0.1, 0.15) is 26.5 Å². The molecule has 0 fully saturated rings. The number of nitrogens with one attached hydrogen (secondary N) is 2. The molecule has 0 aliphatic rings. The molecule has 33 heavy (non-hydrogen) atoms. The zero-order valence-electron chi connectivity index (χ0n) is 17.5. The zero-order valence-corrected chi connectivity index (χ0v) is 17.5. The number of methoxy groups -OCH3 is 1. The van der Waals surface area contributed by atoms with E-state index in [1.165, 1.54) is 7.11 Å². The third-order valence-electron chi connectivity index (χ3n) is 5.16. The number of ketones is 1. The number of rotatable bonds is 6. The predicted molar refractivity (Wildman–Crippen MR) is 121 cm³/mol. The van der Waals surface area contributed by atoms with Crippen LogP contribution < -0.4 is 4.74 Å². The van der Waals surface area contributed by atoms with Crippen molar-refractivity contribution in [3.05, 3.63) is 95.9 Å². The van der Waals surface area contributed by atoms with Gasteiger partial charge in [-0.25, -0.2) is 4.79 Å². The van der Waals surface area contributed by atoms with Gasteiger partial charge in [0.2, 0.25) is 11.6 Å². The number of hydrogen-bond acceptors (Lipinski definition) is 6. The molecule has 0 unspecified atom stereocenters. The third-order valence-corrected chi connectivity index (χ3v) is 5.16. The highest BCUT2D eigenvalue weighted by molar-refractivity contribution is 6.07. The van der Waals surface area contributed by atoms with E-state index in [2.05, 4.69) is 20.2 Å². The first-order valence-corrected chi connectivity index (χ1v) is 10.1. The van der Waals surface area contributed by atoms with Crippen molar-refractivity contribution in [2.45, 2.75) is 0 Å². The van der Waals surface area contributed by atoms with Crippen molar-refractivity contribution in [1.82, 2.24) is 20.2 Å². The number of nitrogens with zero attached hydrogens (tertiary/aromatic N) is 2. The maximum atomic E-state index is 12.6. The maximum absolute atomic E-state index is 12.6. The molecule has 8 heteroatoms. The molecule has 5 aromatic rings. The summed E-state index contributed by atoms with van der Waals surface area (Å²) in [7, 11) is 1.33. The average Bonchev–Trinajstić information content (AvgIpc) is 3.54. The zero-order chi connectivity index (χ0) is 22.8. The summed E-state index contributed by atoms with van der Waals surface area (Å²) in [6, 6.07) is 21.3. The largest absolute Gasteiger partial charge is 0.465 e. The molecule has 0 atom stereocenters. The van der Waals surface area contributed by atoms with Crippen LogP contribution in [-0.2, 0) is 4.74 Å². The first-order chi connectivity index (χ1) is 16.1. The molecule has 0 radical (unpaired) electrons. The summed E-state index contributed by atoms with van der Waals surface area (Å²) in [5, 5.41) is 8.82. The molecular formula is C25H18N4O4. The molecule has 0 saturated carbocycles. The number of H-pyrrole nitrogens is 2. The van der Waals surface area contributed by atoms with Crippen LogP contribution >= 0.6 is 0 Å². The third kappa shape index (κ3) is 3.85. The first kappa shape index (κ1) is 20.2. The fourth-order valence-corrected chi connectivity index (χ4v) is 3.57. The Hall–Kier alpha value is -4.72. The minimum atomic E-state index is -0.495. The Bertz CT molecular complexity index is 1470. The van der Waals surface area contributed by atoms with Gasteiger partial charge in [0.15, 0.2) is 5.82 Å². The predicted octanol–water partition coefficient (Wildman–Crippen LogP) is 4.76. The SMILES string of the molecule is COC(=O)c1c(Oc2cccc(-c3nnc(C(=O)c4ccccc4)[nH]3)c2)ccc2[nH]ccc12. The number of aromatic nitrogens is 4. The van der Waals surface area contributed by atoms with Crippen molar-refractivity contribution in [2.75, 3.05) is 7.11 Å². The van der Waals surface area contributed by atoms with E-state index < -0.39 is 5.97 Å². The van der Waals surface area contributed by atoms with Gasteiger partial charge in [-0.2, -0.15) is 0 Å². The summed E-state index contributed by atoms with van der Waals surface area (Å²) >= 11 is 0. The van der Waals surface area contributed by atoms with E-state index in [0.717, 1.165) is 5.52 Å². The lowest BCUT2D eigenvalue weighted by atomic mass is 10.1. The number of esters is 1. The standard InChI is InChI=1S/C25H18N4O4/c1-32-25(31)21-18-12-13-26-19(18)10-11-20(21)33-17-9-5-8-16(14-17)23-27-24(29-28-23)22(30)15-6-3-2-4-7-15/h2-14,26H,1H3,(H,27,28,29). The maximum Gasteiger partial charge on any atom is 0.342 e. The molecular weight excluding hydrogens is 420 g/mol. The Balaban J connectivity index is 1.45. The Morgan fingerprint density at radius 3 is 2.58 bits per heavy atom. The smallest absolute Gasteiger partial charge is 0.342 e. The van der Waals surface area contributed by atoms with Crippen LogP contribution in [-0.4, -0.2) is 39.0 Å².